The maximum Gasteiger partial charge on any atom is 0.317 e. The van der Waals surface area contributed by atoms with Crippen molar-refractivity contribution < 1.29 is 13.9 Å². The van der Waals surface area contributed by atoms with Gasteiger partial charge in [-0.25, -0.2) is 9.18 Å². The van der Waals surface area contributed by atoms with Crippen LogP contribution in [0.25, 0.3) is 0 Å². The average Bonchev–Trinajstić information content (AvgIpc) is 2.74. The highest BCUT2D eigenvalue weighted by Gasteiger charge is 2.24. The predicted octanol–water partition coefficient (Wildman–Crippen LogP) is 3.28. The molecule has 2 atom stereocenters. The summed E-state index contributed by atoms with van der Waals surface area (Å²) in [4.78, 5) is 16.9. The maximum atomic E-state index is 13.4. The van der Waals surface area contributed by atoms with Crippen molar-refractivity contribution in [2.24, 2.45) is 0 Å². The molecule has 1 saturated heterocycles. The number of nitrogens with one attached hydrogen (secondary N) is 1. The number of halogens is 1. The first-order valence-corrected chi connectivity index (χ1v) is 9.69. The van der Waals surface area contributed by atoms with Gasteiger partial charge >= 0.3 is 6.03 Å². The summed E-state index contributed by atoms with van der Waals surface area (Å²) in [5.41, 5.74) is 1.85. The Bertz CT molecular complexity index is 748. The zero-order chi connectivity index (χ0) is 19.9. The zero-order valence-corrected chi connectivity index (χ0v) is 16.5. The van der Waals surface area contributed by atoms with Crippen molar-refractivity contribution in [1.29, 1.82) is 0 Å². The third-order valence-corrected chi connectivity index (χ3v) is 5.23. The van der Waals surface area contributed by atoms with Crippen molar-refractivity contribution in [3.05, 3.63) is 71.5 Å². The Kier molecular flexibility index (Phi) is 7.01. The van der Waals surface area contributed by atoms with E-state index in [9.17, 15) is 9.18 Å². The van der Waals surface area contributed by atoms with Gasteiger partial charge in [-0.2, -0.15) is 0 Å². The van der Waals surface area contributed by atoms with Crippen LogP contribution in [0.2, 0.25) is 0 Å². The minimum Gasteiger partial charge on any atom is -0.379 e. The van der Waals surface area contributed by atoms with Crippen LogP contribution in [0, 0.1) is 5.82 Å². The van der Waals surface area contributed by atoms with Crippen LogP contribution in [0.4, 0.5) is 9.18 Å². The number of carbonyl (C=O) groups excluding carboxylic acids is 1. The molecule has 2 aromatic carbocycles. The fourth-order valence-electron chi connectivity index (χ4n) is 3.54. The van der Waals surface area contributed by atoms with Gasteiger partial charge in [0.15, 0.2) is 0 Å². The second-order valence-corrected chi connectivity index (χ2v) is 7.16. The lowest BCUT2D eigenvalue weighted by Crippen LogP contribution is -2.49. The van der Waals surface area contributed by atoms with Gasteiger partial charge in [-0.1, -0.05) is 42.5 Å². The molecule has 0 saturated carbocycles. The van der Waals surface area contributed by atoms with Crippen molar-refractivity contribution in [2.75, 3.05) is 39.9 Å². The molecule has 150 valence electrons. The van der Waals surface area contributed by atoms with E-state index in [2.05, 4.69) is 17.1 Å². The molecule has 1 heterocycles. The Morgan fingerprint density at radius 2 is 1.71 bits per heavy atom. The summed E-state index contributed by atoms with van der Waals surface area (Å²) in [7, 11) is 1.77. The number of carbonyl (C=O) groups is 1. The second kappa shape index (κ2) is 9.66. The molecule has 1 aliphatic rings. The molecule has 28 heavy (non-hydrogen) atoms. The Hall–Kier alpha value is -2.44. The second-order valence-electron chi connectivity index (χ2n) is 7.16. The number of rotatable bonds is 6. The highest BCUT2D eigenvalue weighted by molar-refractivity contribution is 5.75. The minimum atomic E-state index is -0.291. The highest BCUT2D eigenvalue weighted by Crippen LogP contribution is 2.27. The van der Waals surface area contributed by atoms with Gasteiger partial charge in [-0.3, -0.25) is 4.90 Å². The molecule has 2 aromatic rings. The van der Waals surface area contributed by atoms with Gasteiger partial charge in [0, 0.05) is 32.7 Å². The van der Waals surface area contributed by atoms with Crippen LogP contribution in [0.1, 0.15) is 24.1 Å². The van der Waals surface area contributed by atoms with E-state index in [1.807, 2.05) is 30.3 Å². The van der Waals surface area contributed by atoms with Gasteiger partial charge in [-0.15, -0.1) is 0 Å². The molecular formula is C22H28FN3O2. The lowest BCUT2D eigenvalue weighted by atomic mass is 9.97. The molecule has 2 unspecified atom stereocenters. The van der Waals surface area contributed by atoms with Gasteiger partial charge in [0.25, 0.3) is 0 Å². The van der Waals surface area contributed by atoms with Crippen LogP contribution >= 0.6 is 0 Å². The van der Waals surface area contributed by atoms with Crippen LogP contribution in [0.15, 0.2) is 54.6 Å². The number of nitrogens with zero attached hydrogens (tertiary/aromatic N) is 2. The van der Waals surface area contributed by atoms with E-state index < -0.39 is 0 Å². The van der Waals surface area contributed by atoms with E-state index in [4.69, 9.17) is 4.74 Å². The number of amides is 2. The third-order valence-electron chi connectivity index (χ3n) is 5.23. The molecule has 5 nitrogen and oxygen atoms in total. The SMILES string of the molecule is CC(CNC(=O)N(C)C(c1ccccc1)c1ccc(F)cc1)N1CCOCC1. The average molecular weight is 385 g/mol. The highest BCUT2D eigenvalue weighted by atomic mass is 19.1. The maximum absolute atomic E-state index is 13.4. The first kappa shape index (κ1) is 20.3. The van der Waals surface area contributed by atoms with E-state index in [-0.39, 0.29) is 23.9 Å². The molecule has 6 heteroatoms. The molecule has 0 spiro atoms. The number of ether oxygens (including phenoxy) is 1. The van der Waals surface area contributed by atoms with E-state index >= 15 is 0 Å². The fourth-order valence-corrected chi connectivity index (χ4v) is 3.54. The summed E-state index contributed by atoms with van der Waals surface area (Å²) < 4.78 is 18.8. The molecule has 0 radical (unpaired) electrons. The minimum absolute atomic E-state index is 0.154. The monoisotopic (exact) mass is 385 g/mol. The molecule has 3 rings (SSSR count). The Morgan fingerprint density at radius 1 is 1.11 bits per heavy atom. The van der Waals surface area contributed by atoms with Crippen molar-refractivity contribution in [3.63, 3.8) is 0 Å². The Balaban J connectivity index is 1.70. The normalized spacial score (nSPS) is 17.0. The summed E-state index contributed by atoms with van der Waals surface area (Å²) in [6, 6.07) is 15.9. The van der Waals surface area contributed by atoms with E-state index in [1.165, 1.54) is 12.1 Å². The predicted molar refractivity (Wildman–Crippen MR) is 108 cm³/mol. The molecule has 0 aliphatic carbocycles. The zero-order valence-electron chi connectivity index (χ0n) is 16.5. The number of morpholine rings is 1. The third kappa shape index (κ3) is 5.09. The summed E-state index contributed by atoms with van der Waals surface area (Å²) in [6.07, 6.45) is 0. The van der Waals surface area contributed by atoms with Gasteiger partial charge in [-0.05, 0) is 30.2 Å². The molecule has 1 fully saturated rings. The summed E-state index contributed by atoms with van der Waals surface area (Å²) in [5, 5.41) is 3.04. The molecular weight excluding hydrogens is 357 g/mol. The summed E-state index contributed by atoms with van der Waals surface area (Å²) >= 11 is 0. The number of urea groups is 1. The van der Waals surface area contributed by atoms with Crippen LogP contribution < -0.4 is 5.32 Å². The number of benzene rings is 2. The van der Waals surface area contributed by atoms with E-state index in [1.54, 1.807) is 24.1 Å². The van der Waals surface area contributed by atoms with Gasteiger partial charge in [0.05, 0.1) is 19.3 Å². The van der Waals surface area contributed by atoms with Crippen LogP contribution in [0.3, 0.4) is 0 Å². The first-order valence-electron chi connectivity index (χ1n) is 9.69. The fraction of sp³-hybridized carbons (Fsp3) is 0.409. The van der Waals surface area contributed by atoms with Gasteiger partial charge in [0.1, 0.15) is 5.82 Å². The standard InChI is InChI=1S/C22H28FN3O2/c1-17(26-12-14-28-15-13-26)16-24-22(27)25(2)21(18-6-4-3-5-7-18)19-8-10-20(23)11-9-19/h3-11,17,21H,12-16H2,1-2H3,(H,24,27). The van der Waals surface area contributed by atoms with Gasteiger partial charge in [0.2, 0.25) is 0 Å². The largest absolute Gasteiger partial charge is 0.379 e. The van der Waals surface area contributed by atoms with Crippen molar-refractivity contribution in [1.82, 2.24) is 15.1 Å². The quantitative estimate of drug-likeness (QED) is 0.830. The summed E-state index contributed by atoms with van der Waals surface area (Å²) in [6.45, 7) is 5.91. The van der Waals surface area contributed by atoms with Crippen LogP contribution in [0.5, 0.6) is 0 Å². The molecule has 0 bridgehead atoms. The molecule has 0 aromatic heterocycles. The van der Waals surface area contributed by atoms with E-state index in [0.29, 0.717) is 6.54 Å². The topological polar surface area (TPSA) is 44.8 Å². The van der Waals surface area contributed by atoms with Crippen molar-refractivity contribution >= 4 is 6.03 Å². The van der Waals surface area contributed by atoms with Crippen LogP contribution in [-0.2, 0) is 4.74 Å². The lowest BCUT2D eigenvalue weighted by Gasteiger charge is -2.34. The lowest BCUT2D eigenvalue weighted by molar-refractivity contribution is 0.0207. The Morgan fingerprint density at radius 3 is 2.36 bits per heavy atom. The smallest absolute Gasteiger partial charge is 0.317 e. The molecule has 1 aliphatic heterocycles. The number of hydrogen-bond acceptors (Lipinski definition) is 3. The molecule has 1 N–H and O–H groups in total. The van der Waals surface area contributed by atoms with Gasteiger partial charge < -0.3 is 15.0 Å². The number of hydrogen-bond donors (Lipinski definition) is 1. The van der Waals surface area contributed by atoms with Crippen molar-refractivity contribution in [2.45, 2.75) is 19.0 Å². The van der Waals surface area contributed by atoms with Crippen molar-refractivity contribution in [3.8, 4) is 0 Å². The van der Waals surface area contributed by atoms with Crippen LogP contribution in [-0.4, -0.2) is 61.8 Å². The Labute approximate surface area is 166 Å². The first-order chi connectivity index (χ1) is 13.6. The van der Waals surface area contributed by atoms with E-state index in [0.717, 1.165) is 37.4 Å². The molecule has 2 amide bonds. The summed E-state index contributed by atoms with van der Waals surface area (Å²) in [5.74, 6) is -0.290.